The maximum Gasteiger partial charge on any atom is 0.271 e. The van der Waals surface area contributed by atoms with E-state index in [2.05, 4.69) is 39.4 Å². The van der Waals surface area contributed by atoms with Crippen molar-refractivity contribution in [3.8, 4) is 0 Å². The maximum absolute atomic E-state index is 12.0. The molecule has 1 amide bonds. The average molecular weight is 345 g/mol. The fourth-order valence-corrected chi connectivity index (χ4v) is 2.34. The molecule has 0 saturated carbocycles. The molecule has 0 fully saturated rings. The normalized spacial score (nSPS) is 11.3. The van der Waals surface area contributed by atoms with Gasteiger partial charge in [0.05, 0.1) is 5.71 Å². The van der Waals surface area contributed by atoms with Crippen LogP contribution in [0, 0.1) is 13.8 Å². The van der Waals surface area contributed by atoms with Crippen LogP contribution < -0.4 is 5.43 Å². The van der Waals surface area contributed by atoms with Gasteiger partial charge in [-0.3, -0.25) is 4.79 Å². The number of nitrogens with zero attached hydrogens (tertiary/aromatic N) is 1. The van der Waals surface area contributed by atoms with Crippen molar-refractivity contribution >= 4 is 27.5 Å². The van der Waals surface area contributed by atoms with Crippen LogP contribution in [0.15, 0.2) is 52.0 Å². The molecule has 0 bridgehead atoms. The van der Waals surface area contributed by atoms with Crippen LogP contribution >= 0.6 is 15.9 Å². The van der Waals surface area contributed by atoms with Crippen LogP contribution in [0.4, 0.5) is 0 Å². The number of carbonyl (C=O) groups is 1. The first-order chi connectivity index (χ1) is 9.97. The Balaban J connectivity index is 2.12. The van der Waals surface area contributed by atoms with E-state index in [4.69, 9.17) is 0 Å². The Hall–Kier alpha value is -1.94. The molecule has 4 heteroatoms. The molecule has 3 nitrogen and oxygen atoms in total. The molecule has 0 saturated heterocycles. The lowest BCUT2D eigenvalue weighted by Crippen LogP contribution is -2.19. The van der Waals surface area contributed by atoms with Crippen molar-refractivity contribution in [3.05, 3.63) is 69.2 Å². The summed E-state index contributed by atoms with van der Waals surface area (Å²) in [6.45, 7) is 5.98. The van der Waals surface area contributed by atoms with Crippen LogP contribution in [0.5, 0.6) is 0 Å². The van der Waals surface area contributed by atoms with Gasteiger partial charge in [0.1, 0.15) is 0 Å². The highest BCUT2D eigenvalue weighted by Crippen LogP contribution is 2.12. The number of aryl methyl sites for hydroxylation is 2. The second-order valence-electron chi connectivity index (χ2n) is 4.96. The summed E-state index contributed by atoms with van der Waals surface area (Å²) >= 11 is 3.34. The van der Waals surface area contributed by atoms with Gasteiger partial charge in [0.25, 0.3) is 5.91 Å². The van der Waals surface area contributed by atoms with Gasteiger partial charge in [0.2, 0.25) is 0 Å². The van der Waals surface area contributed by atoms with Gasteiger partial charge < -0.3 is 0 Å². The minimum Gasteiger partial charge on any atom is -0.267 e. The molecular weight excluding hydrogens is 328 g/mol. The molecule has 2 rings (SSSR count). The minimum atomic E-state index is -0.216. The van der Waals surface area contributed by atoms with E-state index in [-0.39, 0.29) is 5.91 Å². The summed E-state index contributed by atoms with van der Waals surface area (Å²) in [7, 11) is 0. The molecule has 0 spiro atoms. The highest BCUT2D eigenvalue weighted by molar-refractivity contribution is 9.10. The smallest absolute Gasteiger partial charge is 0.267 e. The van der Waals surface area contributed by atoms with E-state index < -0.39 is 0 Å². The molecule has 21 heavy (non-hydrogen) atoms. The van der Waals surface area contributed by atoms with Crippen molar-refractivity contribution in [2.45, 2.75) is 20.8 Å². The Bertz CT molecular complexity index is 690. The molecule has 0 aromatic heterocycles. The second-order valence-corrected chi connectivity index (χ2v) is 5.88. The highest BCUT2D eigenvalue weighted by atomic mass is 79.9. The number of hydrazone groups is 1. The lowest BCUT2D eigenvalue weighted by Gasteiger charge is -2.07. The zero-order valence-electron chi connectivity index (χ0n) is 12.3. The van der Waals surface area contributed by atoms with Crippen LogP contribution in [0.1, 0.15) is 34.0 Å². The van der Waals surface area contributed by atoms with Crippen molar-refractivity contribution in [3.63, 3.8) is 0 Å². The van der Waals surface area contributed by atoms with Crippen LogP contribution in [-0.4, -0.2) is 11.6 Å². The lowest BCUT2D eigenvalue weighted by atomic mass is 10.0. The number of rotatable bonds is 3. The first kappa shape index (κ1) is 15.4. The average Bonchev–Trinajstić information content (AvgIpc) is 2.45. The quantitative estimate of drug-likeness (QED) is 0.657. The number of halogens is 1. The van der Waals surface area contributed by atoms with Gasteiger partial charge in [-0.15, -0.1) is 0 Å². The van der Waals surface area contributed by atoms with E-state index in [1.54, 1.807) is 12.1 Å². The Labute approximate surface area is 133 Å². The van der Waals surface area contributed by atoms with Gasteiger partial charge in [0, 0.05) is 15.6 Å². The maximum atomic E-state index is 12.0. The largest absolute Gasteiger partial charge is 0.271 e. The zero-order chi connectivity index (χ0) is 15.4. The fraction of sp³-hybridized carbons (Fsp3) is 0.176. The molecule has 1 N–H and O–H groups in total. The monoisotopic (exact) mass is 344 g/mol. The van der Waals surface area contributed by atoms with Gasteiger partial charge in [0.15, 0.2) is 0 Å². The molecule has 2 aromatic rings. The summed E-state index contributed by atoms with van der Waals surface area (Å²) in [6.07, 6.45) is 0. The van der Waals surface area contributed by atoms with E-state index in [0.717, 1.165) is 21.3 Å². The second kappa shape index (κ2) is 6.68. The van der Waals surface area contributed by atoms with E-state index in [1.165, 1.54) is 5.56 Å². The third-order valence-electron chi connectivity index (χ3n) is 3.20. The standard InChI is InChI=1S/C17H17BrN2O/c1-11-4-9-16(12(2)10-11)13(3)19-20-17(21)14-5-7-15(18)8-6-14/h4-10H,1-3H3,(H,20,21)/b19-13-. The first-order valence-electron chi connectivity index (χ1n) is 6.65. The Morgan fingerprint density at radius 2 is 1.76 bits per heavy atom. The van der Waals surface area contributed by atoms with Gasteiger partial charge in [-0.2, -0.15) is 5.10 Å². The highest BCUT2D eigenvalue weighted by Gasteiger charge is 2.06. The minimum absolute atomic E-state index is 0.216. The molecular formula is C17H17BrN2O. The molecule has 0 heterocycles. The number of hydrogen-bond acceptors (Lipinski definition) is 2. The molecule has 0 unspecified atom stereocenters. The number of carbonyl (C=O) groups excluding carboxylic acids is 1. The number of amides is 1. The van der Waals surface area contributed by atoms with E-state index in [0.29, 0.717) is 5.56 Å². The van der Waals surface area contributed by atoms with Crippen LogP contribution in [0.2, 0.25) is 0 Å². The van der Waals surface area contributed by atoms with E-state index in [9.17, 15) is 4.79 Å². The van der Waals surface area contributed by atoms with Crippen molar-refractivity contribution in [2.75, 3.05) is 0 Å². The van der Waals surface area contributed by atoms with Crippen molar-refractivity contribution in [1.82, 2.24) is 5.43 Å². The molecule has 0 aliphatic carbocycles. The molecule has 108 valence electrons. The lowest BCUT2D eigenvalue weighted by molar-refractivity contribution is 0.0955. The van der Waals surface area contributed by atoms with Crippen molar-refractivity contribution in [2.24, 2.45) is 5.10 Å². The fourth-order valence-electron chi connectivity index (χ4n) is 2.08. The van der Waals surface area contributed by atoms with Gasteiger partial charge >= 0.3 is 0 Å². The predicted molar refractivity (Wildman–Crippen MR) is 89.7 cm³/mol. The third-order valence-corrected chi connectivity index (χ3v) is 3.73. The molecule has 0 atom stereocenters. The SMILES string of the molecule is C/C(=N/NC(=O)c1ccc(Br)cc1)c1ccc(C)cc1C. The summed E-state index contributed by atoms with van der Waals surface area (Å²) in [5.74, 6) is -0.216. The summed E-state index contributed by atoms with van der Waals surface area (Å²) < 4.78 is 0.939. The summed E-state index contributed by atoms with van der Waals surface area (Å²) in [5.41, 5.74) is 7.36. The summed E-state index contributed by atoms with van der Waals surface area (Å²) in [6, 6.07) is 13.3. The number of benzene rings is 2. The van der Waals surface area contributed by atoms with Crippen LogP contribution in [-0.2, 0) is 0 Å². The van der Waals surface area contributed by atoms with Crippen LogP contribution in [0.3, 0.4) is 0 Å². The molecule has 2 aromatic carbocycles. The van der Waals surface area contributed by atoms with E-state index in [1.807, 2.05) is 38.1 Å². The Morgan fingerprint density at radius 3 is 2.38 bits per heavy atom. The van der Waals surface area contributed by atoms with Gasteiger partial charge in [-0.25, -0.2) is 5.43 Å². The van der Waals surface area contributed by atoms with Gasteiger partial charge in [-0.1, -0.05) is 39.7 Å². The molecule has 0 aliphatic heterocycles. The van der Waals surface area contributed by atoms with Crippen molar-refractivity contribution in [1.29, 1.82) is 0 Å². The number of nitrogens with one attached hydrogen (secondary N) is 1. The predicted octanol–water partition coefficient (Wildman–Crippen LogP) is 4.22. The van der Waals surface area contributed by atoms with Crippen LogP contribution in [0.25, 0.3) is 0 Å². The zero-order valence-corrected chi connectivity index (χ0v) is 13.9. The van der Waals surface area contributed by atoms with Gasteiger partial charge in [-0.05, 0) is 50.6 Å². The topological polar surface area (TPSA) is 41.5 Å². The third kappa shape index (κ3) is 4.02. The Morgan fingerprint density at radius 1 is 1.10 bits per heavy atom. The summed E-state index contributed by atoms with van der Waals surface area (Å²) in [4.78, 5) is 12.0. The Kier molecular flexibility index (Phi) is 4.91. The van der Waals surface area contributed by atoms with Crippen molar-refractivity contribution < 1.29 is 4.79 Å². The molecule has 0 radical (unpaired) electrons. The number of hydrogen-bond donors (Lipinski definition) is 1. The first-order valence-corrected chi connectivity index (χ1v) is 7.44. The summed E-state index contributed by atoms with van der Waals surface area (Å²) in [5, 5.41) is 4.19. The molecule has 0 aliphatic rings. The van der Waals surface area contributed by atoms with E-state index >= 15 is 0 Å².